The molecule has 2 aromatic rings. The van der Waals surface area contributed by atoms with Crippen molar-refractivity contribution in [2.75, 3.05) is 0 Å². The molecule has 2 nitrogen and oxygen atoms in total. The molecule has 0 saturated carbocycles. The van der Waals surface area contributed by atoms with Crippen LogP contribution in [0.2, 0.25) is 0 Å². The number of rotatable bonds is 1. The summed E-state index contributed by atoms with van der Waals surface area (Å²) in [7, 11) is 0. The molecule has 1 saturated heterocycles. The molecule has 0 aromatic heterocycles. The number of benzene rings is 2. The second-order valence-corrected chi connectivity index (χ2v) is 5.51. The van der Waals surface area contributed by atoms with Gasteiger partial charge in [-0.15, -0.1) is 0 Å². The number of hydrogen-bond donors (Lipinski definition) is 0. The molecule has 2 atom stereocenters. The summed E-state index contributed by atoms with van der Waals surface area (Å²) in [6.45, 7) is 4.29. The lowest BCUT2D eigenvalue weighted by molar-refractivity contribution is 0.0695. The van der Waals surface area contributed by atoms with E-state index in [1.165, 1.54) is 0 Å². The first-order valence-electron chi connectivity index (χ1n) is 6.99. The Hall–Kier alpha value is -1.83. The van der Waals surface area contributed by atoms with Crippen LogP contribution in [0.15, 0.2) is 42.5 Å². The number of carbonyl (C=O) groups excluding carboxylic acids is 1. The van der Waals surface area contributed by atoms with E-state index in [-0.39, 0.29) is 5.91 Å². The Bertz CT molecular complexity index is 604. The highest BCUT2D eigenvalue weighted by molar-refractivity contribution is 6.07. The Kier molecular flexibility index (Phi) is 3.02. The van der Waals surface area contributed by atoms with Gasteiger partial charge in [0.05, 0.1) is 0 Å². The van der Waals surface area contributed by atoms with Crippen molar-refractivity contribution in [2.45, 2.75) is 38.8 Å². The molecule has 2 heteroatoms. The van der Waals surface area contributed by atoms with Gasteiger partial charge in [0.25, 0.3) is 5.91 Å². The van der Waals surface area contributed by atoms with Crippen molar-refractivity contribution in [1.82, 2.24) is 4.90 Å². The minimum absolute atomic E-state index is 0.175. The Balaban J connectivity index is 2.07. The fourth-order valence-corrected chi connectivity index (χ4v) is 3.15. The molecule has 0 radical (unpaired) electrons. The molecule has 19 heavy (non-hydrogen) atoms. The van der Waals surface area contributed by atoms with Crippen LogP contribution in [0.4, 0.5) is 0 Å². The number of fused-ring (bicyclic) bond motifs is 1. The van der Waals surface area contributed by atoms with Crippen molar-refractivity contribution in [2.24, 2.45) is 0 Å². The van der Waals surface area contributed by atoms with Crippen LogP contribution < -0.4 is 0 Å². The van der Waals surface area contributed by atoms with Crippen LogP contribution in [0.3, 0.4) is 0 Å². The maximum atomic E-state index is 12.8. The zero-order valence-corrected chi connectivity index (χ0v) is 11.5. The van der Waals surface area contributed by atoms with Crippen LogP contribution in [-0.2, 0) is 0 Å². The van der Waals surface area contributed by atoms with E-state index in [0.29, 0.717) is 12.1 Å². The first-order chi connectivity index (χ1) is 9.18. The van der Waals surface area contributed by atoms with Gasteiger partial charge >= 0.3 is 0 Å². The summed E-state index contributed by atoms with van der Waals surface area (Å²) >= 11 is 0. The van der Waals surface area contributed by atoms with Gasteiger partial charge in [-0.25, -0.2) is 0 Å². The van der Waals surface area contributed by atoms with Crippen LogP contribution in [0, 0.1) is 0 Å². The van der Waals surface area contributed by atoms with Crippen molar-refractivity contribution >= 4 is 16.7 Å². The lowest BCUT2D eigenvalue weighted by Crippen LogP contribution is -2.38. The van der Waals surface area contributed by atoms with E-state index in [1.807, 2.05) is 35.2 Å². The van der Waals surface area contributed by atoms with E-state index in [2.05, 4.69) is 26.0 Å². The first kappa shape index (κ1) is 12.2. The minimum Gasteiger partial charge on any atom is -0.333 e. The van der Waals surface area contributed by atoms with Crippen LogP contribution in [0.25, 0.3) is 10.8 Å². The van der Waals surface area contributed by atoms with Crippen LogP contribution in [0.1, 0.15) is 37.0 Å². The summed E-state index contributed by atoms with van der Waals surface area (Å²) in [5.74, 6) is 0.175. The van der Waals surface area contributed by atoms with Crippen molar-refractivity contribution < 1.29 is 4.79 Å². The fraction of sp³-hybridized carbons (Fsp3) is 0.353. The SMILES string of the molecule is CC1CCC(C)N1C(=O)c1cccc2ccccc12. The number of hydrogen-bond acceptors (Lipinski definition) is 1. The van der Waals surface area contributed by atoms with E-state index in [9.17, 15) is 4.79 Å². The molecule has 0 aliphatic carbocycles. The van der Waals surface area contributed by atoms with Crippen molar-refractivity contribution in [1.29, 1.82) is 0 Å². The molecule has 0 bridgehead atoms. The highest BCUT2D eigenvalue weighted by Crippen LogP contribution is 2.28. The maximum Gasteiger partial charge on any atom is 0.254 e. The van der Waals surface area contributed by atoms with Gasteiger partial charge < -0.3 is 4.90 Å². The van der Waals surface area contributed by atoms with Gasteiger partial charge in [0.2, 0.25) is 0 Å². The second-order valence-electron chi connectivity index (χ2n) is 5.51. The maximum absolute atomic E-state index is 12.8. The van der Waals surface area contributed by atoms with Crippen LogP contribution in [-0.4, -0.2) is 22.9 Å². The fourth-order valence-electron chi connectivity index (χ4n) is 3.15. The minimum atomic E-state index is 0.175. The molecule has 0 spiro atoms. The second kappa shape index (κ2) is 4.69. The molecule has 3 rings (SSSR count). The first-order valence-corrected chi connectivity index (χ1v) is 6.99. The Morgan fingerprint density at radius 1 is 1.00 bits per heavy atom. The molecule has 2 unspecified atom stereocenters. The molecule has 1 aliphatic rings. The van der Waals surface area contributed by atoms with Gasteiger partial charge in [-0.2, -0.15) is 0 Å². The quantitative estimate of drug-likeness (QED) is 0.756. The van der Waals surface area contributed by atoms with Crippen LogP contribution >= 0.6 is 0 Å². The highest BCUT2D eigenvalue weighted by atomic mass is 16.2. The van der Waals surface area contributed by atoms with Crippen molar-refractivity contribution in [3.63, 3.8) is 0 Å². The third kappa shape index (κ3) is 2.01. The molecule has 1 heterocycles. The average Bonchev–Trinajstić information content (AvgIpc) is 2.77. The number of carbonyl (C=O) groups is 1. The van der Waals surface area contributed by atoms with Gasteiger partial charge in [-0.3, -0.25) is 4.79 Å². The van der Waals surface area contributed by atoms with Gasteiger partial charge in [0.15, 0.2) is 0 Å². The standard InChI is InChI=1S/C17H19NO/c1-12-10-11-13(2)18(12)17(19)16-9-5-7-14-6-3-4-8-15(14)16/h3-9,12-13H,10-11H2,1-2H3. The molecular formula is C17H19NO. The molecule has 2 aromatic carbocycles. The third-order valence-electron chi connectivity index (χ3n) is 4.21. The Morgan fingerprint density at radius 2 is 1.63 bits per heavy atom. The highest BCUT2D eigenvalue weighted by Gasteiger charge is 2.32. The Morgan fingerprint density at radius 3 is 2.37 bits per heavy atom. The summed E-state index contributed by atoms with van der Waals surface area (Å²) in [6, 6.07) is 14.8. The number of amides is 1. The summed E-state index contributed by atoms with van der Waals surface area (Å²) in [6.07, 6.45) is 2.22. The third-order valence-corrected chi connectivity index (χ3v) is 4.21. The van der Waals surface area contributed by atoms with Crippen molar-refractivity contribution in [3.05, 3.63) is 48.0 Å². The summed E-state index contributed by atoms with van der Waals surface area (Å²) in [4.78, 5) is 14.9. The summed E-state index contributed by atoms with van der Waals surface area (Å²) < 4.78 is 0. The lowest BCUT2D eigenvalue weighted by atomic mass is 10.0. The van der Waals surface area contributed by atoms with Gasteiger partial charge in [-0.05, 0) is 43.5 Å². The molecular weight excluding hydrogens is 234 g/mol. The molecule has 98 valence electrons. The topological polar surface area (TPSA) is 20.3 Å². The van der Waals surface area contributed by atoms with E-state index in [1.54, 1.807) is 0 Å². The Labute approximate surface area is 114 Å². The largest absolute Gasteiger partial charge is 0.333 e. The molecule has 1 aliphatic heterocycles. The predicted octanol–water partition coefficient (Wildman–Crippen LogP) is 3.85. The predicted molar refractivity (Wildman–Crippen MR) is 78.3 cm³/mol. The van der Waals surface area contributed by atoms with E-state index < -0.39 is 0 Å². The zero-order chi connectivity index (χ0) is 13.4. The molecule has 0 N–H and O–H groups in total. The monoisotopic (exact) mass is 253 g/mol. The van der Waals surface area contributed by atoms with Crippen molar-refractivity contribution in [3.8, 4) is 0 Å². The zero-order valence-electron chi connectivity index (χ0n) is 11.5. The normalized spacial score (nSPS) is 22.9. The van der Waals surface area contributed by atoms with Gasteiger partial charge in [0.1, 0.15) is 0 Å². The summed E-state index contributed by atoms with van der Waals surface area (Å²) in [5.41, 5.74) is 0.832. The summed E-state index contributed by atoms with van der Waals surface area (Å²) in [5, 5.41) is 2.19. The number of nitrogens with zero attached hydrogens (tertiary/aromatic N) is 1. The number of likely N-dealkylation sites (tertiary alicyclic amines) is 1. The van der Waals surface area contributed by atoms with E-state index in [4.69, 9.17) is 0 Å². The van der Waals surface area contributed by atoms with E-state index >= 15 is 0 Å². The average molecular weight is 253 g/mol. The van der Waals surface area contributed by atoms with Gasteiger partial charge in [0, 0.05) is 17.6 Å². The molecule has 1 amide bonds. The lowest BCUT2D eigenvalue weighted by Gasteiger charge is -2.26. The molecule has 1 fully saturated rings. The van der Waals surface area contributed by atoms with E-state index in [0.717, 1.165) is 29.2 Å². The van der Waals surface area contributed by atoms with Gasteiger partial charge in [-0.1, -0.05) is 36.4 Å². The van der Waals surface area contributed by atoms with Crippen LogP contribution in [0.5, 0.6) is 0 Å². The smallest absolute Gasteiger partial charge is 0.254 e.